The monoisotopic (exact) mass is 391 g/mol. The zero-order valence-electron chi connectivity index (χ0n) is 16.1. The van der Waals surface area contributed by atoms with Gasteiger partial charge < -0.3 is 9.29 Å². The van der Waals surface area contributed by atoms with Crippen LogP contribution in [0, 0.1) is 16.7 Å². The number of rotatable bonds is 3. The Kier molecular flexibility index (Phi) is 3.65. The van der Waals surface area contributed by atoms with Crippen LogP contribution in [0.25, 0.3) is 0 Å². The third-order valence-corrected chi connectivity index (χ3v) is 9.85. The Labute approximate surface area is 161 Å². The van der Waals surface area contributed by atoms with E-state index in [1.807, 2.05) is 6.07 Å². The Morgan fingerprint density at radius 1 is 1.15 bits per heavy atom. The van der Waals surface area contributed by atoms with Crippen molar-refractivity contribution in [3.8, 4) is 5.75 Å². The summed E-state index contributed by atoms with van der Waals surface area (Å²) < 4.78 is 30.7. The molecule has 1 aromatic carbocycles. The summed E-state index contributed by atoms with van der Waals surface area (Å²) in [5.74, 6) is 1.54. The maximum atomic E-state index is 11.7. The van der Waals surface area contributed by atoms with Gasteiger partial charge in [-0.05, 0) is 91.9 Å². The van der Waals surface area contributed by atoms with Crippen LogP contribution in [0.3, 0.4) is 0 Å². The van der Waals surface area contributed by atoms with Crippen LogP contribution >= 0.6 is 0 Å². The largest absolute Gasteiger partial charge is 0.389 e. The van der Waals surface area contributed by atoms with E-state index >= 15 is 0 Å². The molecule has 3 atom stereocenters. The van der Waals surface area contributed by atoms with Gasteiger partial charge in [-0.2, -0.15) is 13.1 Å². The highest BCUT2D eigenvalue weighted by atomic mass is 32.2. The van der Waals surface area contributed by atoms with Gasteiger partial charge in [0.05, 0.1) is 5.60 Å². The first-order valence-corrected chi connectivity index (χ1v) is 11.6. The quantitative estimate of drug-likeness (QED) is 0.829. The van der Waals surface area contributed by atoms with E-state index in [4.69, 9.17) is 4.18 Å². The van der Waals surface area contributed by atoms with Crippen molar-refractivity contribution in [3.05, 3.63) is 29.3 Å². The minimum atomic E-state index is -3.74. The van der Waals surface area contributed by atoms with Crippen LogP contribution in [0.15, 0.2) is 18.2 Å². The van der Waals surface area contributed by atoms with Crippen LogP contribution in [0.2, 0.25) is 0 Å². The van der Waals surface area contributed by atoms with E-state index in [0.29, 0.717) is 17.6 Å². The lowest BCUT2D eigenvalue weighted by molar-refractivity contribution is -0.101. The Bertz CT molecular complexity index is 887. The molecule has 0 amide bonds. The Morgan fingerprint density at radius 2 is 1.89 bits per heavy atom. The molecule has 148 valence electrons. The zero-order valence-corrected chi connectivity index (χ0v) is 16.9. The van der Waals surface area contributed by atoms with Crippen molar-refractivity contribution in [1.29, 1.82) is 0 Å². The third kappa shape index (κ3) is 2.21. The summed E-state index contributed by atoms with van der Waals surface area (Å²) in [6, 6.07) is 5.79. The predicted molar refractivity (Wildman–Crippen MR) is 103 cm³/mol. The minimum Gasteiger partial charge on any atom is -0.389 e. The van der Waals surface area contributed by atoms with E-state index in [-0.39, 0.29) is 10.8 Å². The summed E-state index contributed by atoms with van der Waals surface area (Å²) >= 11 is 0. The van der Waals surface area contributed by atoms with Crippen molar-refractivity contribution < 1.29 is 17.7 Å². The van der Waals surface area contributed by atoms with Crippen LogP contribution in [0.5, 0.6) is 5.75 Å². The van der Waals surface area contributed by atoms with Gasteiger partial charge in [-0.1, -0.05) is 13.0 Å². The molecule has 0 radical (unpaired) electrons. The van der Waals surface area contributed by atoms with Gasteiger partial charge in [0, 0.05) is 12.5 Å². The lowest BCUT2D eigenvalue weighted by Gasteiger charge is -2.56. The summed E-state index contributed by atoms with van der Waals surface area (Å²) in [4.78, 5) is 0. The number of hydrogen-bond acceptors (Lipinski definition) is 4. The third-order valence-electron chi connectivity index (χ3n) is 8.94. The number of aryl methyl sites for hydroxylation is 1. The minimum absolute atomic E-state index is 0.0720. The summed E-state index contributed by atoms with van der Waals surface area (Å²) in [5.41, 5.74) is 2.51. The maximum Gasteiger partial charge on any atom is 0.382 e. The maximum absolute atomic E-state index is 11.7. The molecule has 5 nitrogen and oxygen atoms in total. The molecule has 0 saturated heterocycles. The van der Waals surface area contributed by atoms with Crippen molar-refractivity contribution in [1.82, 2.24) is 4.72 Å². The fourth-order valence-electron chi connectivity index (χ4n) is 7.51. The van der Waals surface area contributed by atoms with Crippen molar-refractivity contribution >= 4 is 10.3 Å². The molecule has 1 aromatic rings. The number of fused-ring (bicyclic) bond motifs is 3. The van der Waals surface area contributed by atoms with Gasteiger partial charge in [-0.25, -0.2) is 0 Å². The molecule has 5 rings (SSSR count). The highest BCUT2D eigenvalue weighted by Crippen LogP contribution is 2.77. The smallest absolute Gasteiger partial charge is 0.382 e. The molecule has 0 spiro atoms. The van der Waals surface area contributed by atoms with Crippen LogP contribution in [0.1, 0.15) is 68.9 Å². The van der Waals surface area contributed by atoms with E-state index in [1.54, 1.807) is 6.07 Å². The van der Waals surface area contributed by atoms with Gasteiger partial charge >= 0.3 is 10.3 Å². The van der Waals surface area contributed by atoms with Crippen LogP contribution < -0.4 is 8.91 Å². The lowest BCUT2D eigenvalue weighted by atomic mass is 9.48. The normalized spacial score (nSPS) is 42.3. The van der Waals surface area contributed by atoms with Gasteiger partial charge in [-0.15, -0.1) is 0 Å². The summed E-state index contributed by atoms with van der Waals surface area (Å²) in [7, 11) is -2.39. The van der Waals surface area contributed by atoms with Gasteiger partial charge in [-0.3, -0.25) is 0 Å². The second kappa shape index (κ2) is 5.49. The van der Waals surface area contributed by atoms with E-state index in [2.05, 4.69) is 17.7 Å². The van der Waals surface area contributed by atoms with Crippen LogP contribution in [0.4, 0.5) is 0 Å². The molecule has 0 aliphatic heterocycles. The molecule has 4 aliphatic rings. The van der Waals surface area contributed by atoms with Crippen LogP contribution in [-0.2, 0) is 16.7 Å². The molecular formula is C21H29NO4S. The fourth-order valence-corrected chi connectivity index (χ4v) is 7.95. The van der Waals surface area contributed by atoms with Gasteiger partial charge in [0.15, 0.2) is 0 Å². The van der Waals surface area contributed by atoms with Crippen molar-refractivity contribution in [2.75, 3.05) is 7.05 Å². The standard InChI is InChI=1S/C21H29NO4S/c1-19-8-7-17-16-5-4-15(26-27(24,25)22-2)13-14(16)3-6-18(17)20(19)9-11-21(19,23)12-10-20/h4-5,13,17-18,22-23H,3,6-12H2,1-2H3/t17?,18?,19-,20?,21?/m0/s1. The fraction of sp³-hybridized carbons (Fsp3) is 0.714. The van der Waals surface area contributed by atoms with Gasteiger partial charge in [0.1, 0.15) is 5.75 Å². The summed E-state index contributed by atoms with van der Waals surface area (Å²) in [6.07, 6.45) is 8.57. The Morgan fingerprint density at radius 3 is 2.59 bits per heavy atom. The average molecular weight is 392 g/mol. The molecule has 2 N–H and O–H groups in total. The number of nitrogens with one attached hydrogen (secondary N) is 1. The molecule has 0 heterocycles. The van der Waals surface area contributed by atoms with E-state index in [0.717, 1.165) is 51.4 Å². The first-order valence-electron chi connectivity index (χ1n) is 10.2. The SMILES string of the molecule is CNS(=O)(=O)Oc1ccc2c(c1)CCC1C2CC[C@]2(C)C3(O)CCC12CC3. The molecule has 3 fully saturated rings. The Balaban J connectivity index is 1.49. The number of benzene rings is 1. The predicted octanol–water partition coefficient (Wildman–Crippen LogP) is 3.28. The van der Waals surface area contributed by atoms with Crippen molar-refractivity contribution in [2.45, 2.75) is 69.8 Å². The second-order valence-corrected chi connectivity index (χ2v) is 10.9. The zero-order chi connectivity index (χ0) is 19.1. The first-order chi connectivity index (χ1) is 12.7. The molecule has 3 saturated carbocycles. The molecule has 2 unspecified atom stereocenters. The number of hydrogen-bond donors (Lipinski definition) is 2. The van der Waals surface area contributed by atoms with Crippen molar-refractivity contribution in [3.63, 3.8) is 0 Å². The molecule has 2 bridgehead atoms. The topological polar surface area (TPSA) is 75.6 Å². The highest BCUT2D eigenvalue weighted by molar-refractivity contribution is 7.85. The summed E-state index contributed by atoms with van der Waals surface area (Å²) in [5, 5.41) is 11.3. The van der Waals surface area contributed by atoms with E-state index < -0.39 is 15.9 Å². The van der Waals surface area contributed by atoms with Crippen molar-refractivity contribution in [2.24, 2.45) is 16.7 Å². The van der Waals surface area contributed by atoms with Gasteiger partial charge in [0.25, 0.3) is 0 Å². The van der Waals surface area contributed by atoms with Gasteiger partial charge in [0.2, 0.25) is 0 Å². The summed E-state index contributed by atoms with van der Waals surface area (Å²) in [6.45, 7) is 2.36. The van der Waals surface area contributed by atoms with E-state index in [9.17, 15) is 13.5 Å². The first kappa shape index (κ1) is 18.0. The molecule has 0 aromatic heterocycles. The molecule has 27 heavy (non-hydrogen) atoms. The number of aliphatic hydroxyl groups is 1. The van der Waals surface area contributed by atoms with Crippen LogP contribution in [-0.4, -0.2) is 26.2 Å². The van der Waals surface area contributed by atoms with E-state index in [1.165, 1.54) is 18.2 Å². The second-order valence-electron chi connectivity index (χ2n) is 9.41. The molecular weight excluding hydrogens is 362 g/mol. The average Bonchev–Trinajstić information content (AvgIpc) is 3.02. The highest BCUT2D eigenvalue weighted by Gasteiger charge is 2.73. The lowest BCUT2D eigenvalue weighted by Crippen LogP contribution is -2.51. The Hall–Kier alpha value is -1.11. The molecule has 4 aliphatic carbocycles. The molecule has 6 heteroatoms.